The molecule has 0 unspecified atom stereocenters. The van der Waals surface area contributed by atoms with E-state index >= 15 is 0 Å². The number of hydrogen-bond donors (Lipinski definition) is 0. The Morgan fingerprint density at radius 1 is 1.08 bits per heavy atom. The maximum atomic E-state index is 12.6. The van der Waals surface area contributed by atoms with Crippen LogP contribution in [0, 0.1) is 0 Å². The van der Waals surface area contributed by atoms with Gasteiger partial charge in [0.05, 0.1) is 10.3 Å². The number of rotatable bonds is 7. The summed E-state index contributed by atoms with van der Waals surface area (Å²) in [5.74, 6) is 0.0526. The molecule has 0 aromatic carbocycles. The van der Waals surface area contributed by atoms with Gasteiger partial charge in [-0.2, -0.15) is 0 Å². The first-order chi connectivity index (χ1) is 11.0. The van der Waals surface area contributed by atoms with E-state index in [1.54, 1.807) is 6.07 Å². The molecule has 1 aromatic rings. The van der Waals surface area contributed by atoms with Gasteiger partial charge in [0.15, 0.2) is 0 Å². The van der Waals surface area contributed by atoms with Gasteiger partial charge in [-0.05, 0) is 46.8 Å². The van der Waals surface area contributed by atoms with Gasteiger partial charge in [-0.3, -0.25) is 4.79 Å². The minimum Gasteiger partial charge on any atom is -0.337 e. The molecule has 1 rings (SSSR count). The second-order valence-corrected chi connectivity index (χ2v) is 9.83. The van der Waals surface area contributed by atoms with Crippen LogP contribution < -0.4 is 0 Å². The summed E-state index contributed by atoms with van der Waals surface area (Å²) in [5, 5.41) is 0.333. The fourth-order valence-electron chi connectivity index (χ4n) is 2.35. The average Bonchev–Trinajstić information content (AvgIpc) is 2.46. The van der Waals surface area contributed by atoms with E-state index in [2.05, 4.69) is 4.98 Å². The number of nitrogens with zero attached hydrogens (tertiary/aromatic N) is 3. The highest BCUT2D eigenvalue weighted by Crippen LogP contribution is 2.25. The lowest BCUT2D eigenvalue weighted by Gasteiger charge is -2.32. The molecule has 24 heavy (non-hydrogen) atoms. The fraction of sp³-hybridized carbons (Fsp3) is 0.625. The first-order valence-electron chi connectivity index (χ1n) is 7.86. The molecule has 0 fully saturated rings. The van der Waals surface area contributed by atoms with Crippen LogP contribution in [0.2, 0.25) is 0 Å². The minimum atomic E-state index is -3.49. The van der Waals surface area contributed by atoms with E-state index in [4.69, 9.17) is 0 Å². The predicted molar refractivity (Wildman–Crippen MR) is 97.5 cm³/mol. The summed E-state index contributed by atoms with van der Waals surface area (Å²) in [5.41, 5.74) is 0. The molecule has 1 aromatic heterocycles. The Morgan fingerprint density at radius 3 is 2.00 bits per heavy atom. The summed E-state index contributed by atoms with van der Waals surface area (Å²) >= 11 is 1.33. The third-order valence-corrected chi connectivity index (χ3v) is 6.34. The van der Waals surface area contributed by atoms with E-state index in [1.807, 2.05) is 39.5 Å². The SMILES string of the molecule is CC(C)N(C(=O)[C@@H](C)Sc1ccc(S(=O)(=O)N(C)C)cn1)C(C)C. The molecule has 6 nitrogen and oxygen atoms in total. The standard InChI is InChI=1S/C16H27N3O3S2/c1-11(2)19(12(3)4)16(20)13(5)23-15-9-8-14(10-17-15)24(21,22)18(6)7/h8-13H,1-7H3/t13-/m1/s1. The van der Waals surface area contributed by atoms with Gasteiger partial charge in [-0.15, -0.1) is 0 Å². The smallest absolute Gasteiger partial charge is 0.244 e. The van der Waals surface area contributed by atoms with Crippen LogP contribution in [-0.2, 0) is 14.8 Å². The van der Waals surface area contributed by atoms with Crippen molar-refractivity contribution in [3.05, 3.63) is 18.3 Å². The lowest BCUT2D eigenvalue weighted by Crippen LogP contribution is -2.45. The predicted octanol–water partition coefficient (Wildman–Crippen LogP) is 2.46. The van der Waals surface area contributed by atoms with Crippen molar-refractivity contribution in [1.82, 2.24) is 14.2 Å². The molecule has 1 atom stereocenters. The second-order valence-electron chi connectivity index (χ2n) is 6.31. The molecule has 0 aliphatic carbocycles. The topological polar surface area (TPSA) is 70.6 Å². The Bertz CT molecular complexity index is 648. The molecule has 0 bridgehead atoms. The molecule has 136 valence electrons. The summed E-state index contributed by atoms with van der Waals surface area (Å²) in [6.07, 6.45) is 1.33. The van der Waals surface area contributed by atoms with Gasteiger partial charge in [0.25, 0.3) is 0 Å². The number of thioether (sulfide) groups is 1. The number of sulfonamides is 1. The Balaban J connectivity index is 2.89. The highest BCUT2D eigenvalue weighted by molar-refractivity contribution is 8.00. The van der Waals surface area contributed by atoms with Gasteiger partial charge in [0.2, 0.25) is 15.9 Å². The Labute approximate surface area is 149 Å². The Kier molecular flexibility index (Phi) is 7.25. The molecule has 0 aliphatic heterocycles. The van der Waals surface area contributed by atoms with E-state index in [0.29, 0.717) is 5.03 Å². The molecule has 8 heteroatoms. The maximum Gasteiger partial charge on any atom is 0.244 e. The van der Waals surface area contributed by atoms with E-state index in [1.165, 1.54) is 38.1 Å². The van der Waals surface area contributed by atoms with Gasteiger partial charge in [0, 0.05) is 32.4 Å². The summed E-state index contributed by atoms with van der Waals surface area (Å²) in [6, 6.07) is 3.41. The van der Waals surface area contributed by atoms with Gasteiger partial charge in [0.1, 0.15) is 4.90 Å². The number of hydrogen-bond acceptors (Lipinski definition) is 5. The van der Waals surface area contributed by atoms with Crippen LogP contribution in [0.1, 0.15) is 34.6 Å². The quantitative estimate of drug-likeness (QED) is 0.687. The van der Waals surface area contributed by atoms with Crippen molar-refractivity contribution >= 4 is 27.7 Å². The average molecular weight is 374 g/mol. The zero-order chi connectivity index (χ0) is 18.7. The summed E-state index contributed by atoms with van der Waals surface area (Å²) in [6.45, 7) is 9.82. The summed E-state index contributed by atoms with van der Waals surface area (Å²) in [7, 11) is -0.533. The molecule has 0 saturated carbocycles. The monoisotopic (exact) mass is 373 g/mol. The van der Waals surface area contributed by atoms with Gasteiger partial charge < -0.3 is 4.90 Å². The van der Waals surface area contributed by atoms with Crippen molar-refractivity contribution in [3.8, 4) is 0 Å². The van der Waals surface area contributed by atoms with Crippen molar-refractivity contribution in [1.29, 1.82) is 0 Å². The van der Waals surface area contributed by atoms with Crippen LogP contribution in [-0.4, -0.2) is 59.9 Å². The maximum absolute atomic E-state index is 12.6. The first-order valence-corrected chi connectivity index (χ1v) is 10.2. The highest BCUT2D eigenvalue weighted by Gasteiger charge is 2.26. The van der Waals surface area contributed by atoms with Gasteiger partial charge in [-0.25, -0.2) is 17.7 Å². The van der Waals surface area contributed by atoms with Crippen molar-refractivity contribution in [3.63, 3.8) is 0 Å². The van der Waals surface area contributed by atoms with Crippen molar-refractivity contribution in [2.24, 2.45) is 0 Å². The Hall–Kier alpha value is -1.12. The van der Waals surface area contributed by atoms with Crippen LogP contribution in [0.3, 0.4) is 0 Å². The van der Waals surface area contributed by atoms with Crippen molar-refractivity contribution in [2.75, 3.05) is 14.1 Å². The van der Waals surface area contributed by atoms with Crippen molar-refractivity contribution in [2.45, 2.75) is 61.9 Å². The van der Waals surface area contributed by atoms with Crippen LogP contribution in [0.25, 0.3) is 0 Å². The van der Waals surface area contributed by atoms with Crippen molar-refractivity contribution < 1.29 is 13.2 Å². The highest BCUT2D eigenvalue weighted by atomic mass is 32.2. The third kappa shape index (κ3) is 4.94. The molecule has 0 aliphatic rings. The minimum absolute atomic E-state index is 0.0526. The lowest BCUT2D eigenvalue weighted by atomic mass is 10.2. The summed E-state index contributed by atoms with van der Waals surface area (Å²) < 4.78 is 25.2. The van der Waals surface area contributed by atoms with E-state index in [-0.39, 0.29) is 28.1 Å². The number of carbonyl (C=O) groups is 1. The lowest BCUT2D eigenvalue weighted by molar-refractivity contribution is -0.133. The molecular weight excluding hydrogens is 346 g/mol. The zero-order valence-electron chi connectivity index (χ0n) is 15.3. The summed E-state index contributed by atoms with van der Waals surface area (Å²) in [4.78, 5) is 18.8. The second kappa shape index (κ2) is 8.31. The number of carbonyl (C=O) groups excluding carboxylic acids is 1. The third-order valence-electron chi connectivity index (χ3n) is 3.50. The van der Waals surface area contributed by atoms with E-state index in [0.717, 1.165) is 4.31 Å². The molecule has 0 spiro atoms. The normalized spacial score (nSPS) is 13.6. The molecule has 0 radical (unpaired) electrons. The molecule has 0 N–H and O–H groups in total. The zero-order valence-corrected chi connectivity index (χ0v) is 17.0. The molecule has 1 heterocycles. The van der Waals surface area contributed by atoms with Gasteiger partial charge >= 0.3 is 0 Å². The van der Waals surface area contributed by atoms with Gasteiger partial charge in [-0.1, -0.05) is 11.8 Å². The number of amides is 1. The van der Waals surface area contributed by atoms with Crippen LogP contribution in [0.4, 0.5) is 0 Å². The number of aromatic nitrogens is 1. The molecular formula is C16H27N3O3S2. The molecule has 1 amide bonds. The molecule has 0 saturated heterocycles. The van der Waals surface area contributed by atoms with Crippen LogP contribution >= 0.6 is 11.8 Å². The van der Waals surface area contributed by atoms with Crippen LogP contribution in [0.5, 0.6) is 0 Å². The van der Waals surface area contributed by atoms with E-state index < -0.39 is 10.0 Å². The fourth-order valence-corrected chi connectivity index (χ4v) is 4.04. The first kappa shape index (κ1) is 20.9. The van der Waals surface area contributed by atoms with E-state index in [9.17, 15) is 13.2 Å². The Morgan fingerprint density at radius 2 is 1.62 bits per heavy atom. The van der Waals surface area contributed by atoms with Crippen LogP contribution in [0.15, 0.2) is 28.3 Å². The number of pyridine rings is 1. The largest absolute Gasteiger partial charge is 0.337 e.